The van der Waals surface area contributed by atoms with Crippen LogP contribution in [0, 0.1) is 17.2 Å². The van der Waals surface area contributed by atoms with Crippen LogP contribution in [0.4, 0.5) is 5.69 Å². The molecule has 7 heteroatoms. The maximum absolute atomic E-state index is 12.3. The van der Waals surface area contributed by atoms with Gasteiger partial charge in [-0.1, -0.05) is 30.3 Å². The van der Waals surface area contributed by atoms with Gasteiger partial charge in [0.25, 0.3) is 0 Å². The summed E-state index contributed by atoms with van der Waals surface area (Å²) < 4.78 is 24.5. The predicted molar refractivity (Wildman–Crippen MR) is 108 cm³/mol. The Labute approximate surface area is 165 Å². The fraction of sp³-hybridized carbons (Fsp3) is 0.333. The molecule has 2 aromatic rings. The highest BCUT2D eigenvalue weighted by molar-refractivity contribution is 7.91. The van der Waals surface area contributed by atoms with E-state index in [0.717, 1.165) is 19.5 Å². The summed E-state index contributed by atoms with van der Waals surface area (Å²) in [7, 11) is -3.56. The van der Waals surface area contributed by atoms with Gasteiger partial charge >= 0.3 is 0 Å². The van der Waals surface area contributed by atoms with Gasteiger partial charge in [0.15, 0.2) is 9.84 Å². The fourth-order valence-corrected chi connectivity index (χ4v) is 4.67. The van der Waals surface area contributed by atoms with Gasteiger partial charge in [-0.2, -0.15) is 5.26 Å². The molecule has 0 aromatic heterocycles. The lowest BCUT2D eigenvalue weighted by atomic mass is 10.1. The van der Waals surface area contributed by atoms with E-state index in [9.17, 15) is 13.2 Å². The fourth-order valence-electron chi connectivity index (χ4n) is 3.36. The van der Waals surface area contributed by atoms with Crippen LogP contribution in [-0.4, -0.2) is 39.7 Å². The van der Waals surface area contributed by atoms with Crippen LogP contribution in [0.1, 0.15) is 17.5 Å². The lowest BCUT2D eigenvalue weighted by Crippen LogP contribution is -2.35. The predicted octanol–water partition coefficient (Wildman–Crippen LogP) is 2.12. The normalized spacial score (nSPS) is 16.5. The number of sulfone groups is 1. The lowest BCUT2D eigenvalue weighted by Gasteiger charge is -2.18. The second kappa shape index (κ2) is 8.89. The van der Waals surface area contributed by atoms with E-state index < -0.39 is 21.5 Å². The first kappa shape index (κ1) is 19.9. The van der Waals surface area contributed by atoms with Crippen molar-refractivity contribution in [3.8, 4) is 6.07 Å². The zero-order chi connectivity index (χ0) is 20.0. The van der Waals surface area contributed by atoms with Crippen LogP contribution in [0.5, 0.6) is 0 Å². The van der Waals surface area contributed by atoms with Gasteiger partial charge in [0.05, 0.1) is 17.4 Å². The average Bonchev–Trinajstić information content (AvgIpc) is 3.16. The van der Waals surface area contributed by atoms with E-state index in [1.807, 2.05) is 24.3 Å². The maximum atomic E-state index is 12.3. The number of para-hydroxylation sites is 1. The van der Waals surface area contributed by atoms with Crippen molar-refractivity contribution in [3.63, 3.8) is 0 Å². The summed E-state index contributed by atoms with van der Waals surface area (Å²) in [6.45, 7) is 2.26. The van der Waals surface area contributed by atoms with Crippen molar-refractivity contribution in [2.75, 3.05) is 30.3 Å². The molecule has 1 aliphatic rings. The van der Waals surface area contributed by atoms with Crippen LogP contribution >= 0.6 is 0 Å². The Bertz CT molecular complexity index is 951. The standard InChI is InChI=1S/C21H23N3O3S/c22-12-17-6-8-18(9-7-17)15-28(26,27)16-21(25)23-13-19-10-11-24(14-19)20-4-2-1-3-5-20/h1-9,19H,10-11,13-16H2,(H,23,25). The van der Waals surface area contributed by atoms with Crippen molar-refractivity contribution < 1.29 is 13.2 Å². The Kier molecular flexibility index (Phi) is 6.32. The van der Waals surface area contributed by atoms with Crippen LogP contribution in [0.2, 0.25) is 0 Å². The van der Waals surface area contributed by atoms with Crippen molar-refractivity contribution >= 4 is 21.4 Å². The molecular formula is C21H23N3O3S. The molecule has 1 aliphatic heterocycles. The number of benzene rings is 2. The Balaban J connectivity index is 1.45. The number of nitrogens with one attached hydrogen (secondary N) is 1. The molecule has 0 bridgehead atoms. The number of carbonyl (C=O) groups is 1. The molecule has 1 unspecified atom stereocenters. The number of anilines is 1. The minimum Gasteiger partial charge on any atom is -0.371 e. The SMILES string of the molecule is N#Cc1ccc(CS(=O)(=O)CC(=O)NCC2CCN(c3ccccc3)C2)cc1. The molecule has 2 aromatic carbocycles. The molecule has 1 saturated heterocycles. The second-order valence-electron chi connectivity index (χ2n) is 7.08. The number of carbonyl (C=O) groups excluding carboxylic acids is 1. The summed E-state index contributed by atoms with van der Waals surface area (Å²) >= 11 is 0. The molecule has 0 radical (unpaired) electrons. The Hall–Kier alpha value is -2.85. The third kappa shape index (κ3) is 5.57. The van der Waals surface area contributed by atoms with E-state index in [-0.39, 0.29) is 5.75 Å². The smallest absolute Gasteiger partial charge is 0.235 e. The molecule has 1 heterocycles. The minimum absolute atomic E-state index is 0.211. The van der Waals surface area contributed by atoms with Gasteiger partial charge in [0.2, 0.25) is 5.91 Å². The van der Waals surface area contributed by atoms with E-state index in [1.54, 1.807) is 24.3 Å². The summed E-state index contributed by atoms with van der Waals surface area (Å²) in [6, 6.07) is 18.5. The monoisotopic (exact) mass is 397 g/mol. The summed E-state index contributed by atoms with van der Waals surface area (Å²) in [6.07, 6.45) is 0.965. The molecule has 0 saturated carbocycles. The van der Waals surface area contributed by atoms with Crippen LogP contribution < -0.4 is 10.2 Å². The summed E-state index contributed by atoms with van der Waals surface area (Å²) in [5.74, 6) is -0.892. The van der Waals surface area contributed by atoms with E-state index in [4.69, 9.17) is 5.26 Å². The molecule has 6 nitrogen and oxygen atoms in total. The average molecular weight is 398 g/mol. The van der Waals surface area contributed by atoms with Crippen molar-refractivity contribution in [2.24, 2.45) is 5.92 Å². The molecule has 0 spiro atoms. The topological polar surface area (TPSA) is 90.3 Å². The summed E-state index contributed by atoms with van der Waals surface area (Å²) in [5.41, 5.74) is 2.21. The quantitative estimate of drug-likeness (QED) is 0.773. The van der Waals surface area contributed by atoms with Gasteiger partial charge in [0, 0.05) is 25.3 Å². The van der Waals surface area contributed by atoms with Crippen molar-refractivity contribution in [1.29, 1.82) is 5.26 Å². The van der Waals surface area contributed by atoms with E-state index in [2.05, 4.69) is 22.3 Å². The Morgan fingerprint density at radius 2 is 1.86 bits per heavy atom. The number of hydrogen-bond acceptors (Lipinski definition) is 5. The van der Waals surface area contributed by atoms with Gasteiger partial charge in [-0.25, -0.2) is 8.42 Å². The zero-order valence-electron chi connectivity index (χ0n) is 15.5. The van der Waals surface area contributed by atoms with Crippen molar-refractivity contribution in [3.05, 3.63) is 65.7 Å². The molecule has 1 amide bonds. The van der Waals surface area contributed by atoms with Crippen LogP contribution in [0.3, 0.4) is 0 Å². The highest BCUT2D eigenvalue weighted by atomic mass is 32.2. The minimum atomic E-state index is -3.56. The Morgan fingerprint density at radius 1 is 1.14 bits per heavy atom. The van der Waals surface area contributed by atoms with Crippen LogP contribution in [-0.2, 0) is 20.4 Å². The zero-order valence-corrected chi connectivity index (χ0v) is 16.4. The Morgan fingerprint density at radius 3 is 2.54 bits per heavy atom. The molecular weight excluding hydrogens is 374 g/mol. The van der Waals surface area contributed by atoms with E-state index in [1.165, 1.54) is 5.69 Å². The maximum Gasteiger partial charge on any atom is 0.235 e. The van der Waals surface area contributed by atoms with Crippen molar-refractivity contribution in [1.82, 2.24) is 5.32 Å². The molecule has 1 fully saturated rings. The second-order valence-corrected chi connectivity index (χ2v) is 9.15. The highest BCUT2D eigenvalue weighted by Gasteiger charge is 2.24. The molecule has 3 rings (SSSR count). The third-order valence-corrected chi connectivity index (χ3v) is 6.29. The molecule has 0 aliphatic carbocycles. The number of nitrogens with zero attached hydrogens (tertiary/aromatic N) is 2. The summed E-state index contributed by atoms with van der Waals surface area (Å²) in [4.78, 5) is 14.4. The highest BCUT2D eigenvalue weighted by Crippen LogP contribution is 2.22. The van der Waals surface area contributed by atoms with Crippen molar-refractivity contribution in [2.45, 2.75) is 12.2 Å². The summed E-state index contributed by atoms with van der Waals surface area (Å²) in [5, 5.41) is 11.6. The van der Waals surface area contributed by atoms with E-state index in [0.29, 0.717) is 23.6 Å². The van der Waals surface area contributed by atoms with Gasteiger partial charge in [-0.05, 0) is 42.2 Å². The number of nitriles is 1. The van der Waals surface area contributed by atoms with Gasteiger partial charge in [-0.3, -0.25) is 4.79 Å². The van der Waals surface area contributed by atoms with Gasteiger partial charge < -0.3 is 10.2 Å². The third-order valence-electron chi connectivity index (χ3n) is 4.82. The van der Waals surface area contributed by atoms with Gasteiger partial charge in [-0.15, -0.1) is 0 Å². The first-order valence-electron chi connectivity index (χ1n) is 9.21. The first-order valence-corrected chi connectivity index (χ1v) is 11.0. The van der Waals surface area contributed by atoms with Gasteiger partial charge in [0.1, 0.15) is 5.75 Å². The number of amides is 1. The molecule has 1 N–H and O–H groups in total. The van der Waals surface area contributed by atoms with Crippen LogP contribution in [0.25, 0.3) is 0 Å². The van der Waals surface area contributed by atoms with E-state index >= 15 is 0 Å². The number of hydrogen-bond donors (Lipinski definition) is 1. The first-order chi connectivity index (χ1) is 13.4. The largest absolute Gasteiger partial charge is 0.371 e. The molecule has 1 atom stereocenters. The molecule has 28 heavy (non-hydrogen) atoms. The lowest BCUT2D eigenvalue weighted by molar-refractivity contribution is -0.118. The van der Waals surface area contributed by atoms with Crippen LogP contribution in [0.15, 0.2) is 54.6 Å². The number of rotatable bonds is 7. The molecule has 146 valence electrons.